The fraction of sp³-hybridized carbons (Fsp3) is 0.304. The summed E-state index contributed by atoms with van der Waals surface area (Å²) in [5.41, 5.74) is 1.57. The summed E-state index contributed by atoms with van der Waals surface area (Å²) in [6, 6.07) is 18.6. The lowest BCUT2D eigenvalue weighted by Gasteiger charge is -2.15. The first-order valence-corrected chi connectivity index (χ1v) is 9.48. The van der Waals surface area contributed by atoms with Crippen LogP contribution in [0.4, 0.5) is 0 Å². The molecule has 0 N–H and O–H groups in total. The zero-order valence-electron chi connectivity index (χ0n) is 17.7. The zero-order valence-corrected chi connectivity index (χ0v) is 17.7. The Morgan fingerprint density at radius 1 is 0.677 bits per heavy atom. The predicted octanol–water partition coefficient (Wildman–Crippen LogP) is 3.09. The summed E-state index contributed by atoms with van der Waals surface area (Å²) in [5, 5.41) is 0. The van der Waals surface area contributed by atoms with Crippen LogP contribution in [0.2, 0.25) is 0 Å². The molecular weight excluding hydrogens is 404 g/mol. The highest BCUT2D eigenvalue weighted by atomic mass is 16.6. The number of carbonyl (C=O) groups excluding carboxylic acids is 4. The van der Waals surface area contributed by atoms with Gasteiger partial charge in [-0.15, -0.1) is 0 Å². The number of esters is 4. The number of benzene rings is 2. The average Bonchev–Trinajstić information content (AvgIpc) is 2.75. The van der Waals surface area contributed by atoms with Crippen LogP contribution in [0.1, 0.15) is 36.7 Å². The number of hydrogen-bond donors (Lipinski definition) is 0. The summed E-state index contributed by atoms with van der Waals surface area (Å²) in [7, 11) is 0. The van der Waals surface area contributed by atoms with Crippen LogP contribution in [0, 0.1) is 0 Å². The Labute approximate surface area is 181 Å². The van der Waals surface area contributed by atoms with Crippen molar-refractivity contribution >= 4 is 23.9 Å². The maximum atomic E-state index is 11.6. The van der Waals surface area contributed by atoms with Crippen LogP contribution < -0.4 is 0 Å². The highest BCUT2D eigenvalue weighted by Gasteiger charge is 2.15. The van der Waals surface area contributed by atoms with Crippen molar-refractivity contribution in [3.05, 3.63) is 71.8 Å². The van der Waals surface area contributed by atoms with Gasteiger partial charge in [0.15, 0.2) is 6.10 Å². The molecule has 8 heteroatoms. The van der Waals surface area contributed by atoms with E-state index in [0.717, 1.165) is 5.56 Å². The van der Waals surface area contributed by atoms with E-state index in [1.807, 2.05) is 48.5 Å². The molecule has 2 rings (SSSR count). The molecule has 31 heavy (non-hydrogen) atoms. The number of ether oxygens (including phenoxy) is 4. The van der Waals surface area contributed by atoms with E-state index in [0.29, 0.717) is 12.2 Å². The molecule has 0 aliphatic rings. The molecule has 0 saturated carbocycles. The highest BCUT2D eigenvalue weighted by Crippen LogP contribution is 2.05. The molecule has 2 aromatic carbocycles. The molecule has 0 unspecified atom stereocenters. The molecule has 0 atom stereocenters. The van der Waals surface area contributed by atoms with Crippen LogP contribution in [-0.4, -0.2) is 43.2 Å². The minimum atomic E-state index is -0.754. The van der Waals surface area contributed by atoms with Crippen molar-refractivity contribution < 1.29 is 38.1 Å². The number of hydrogen-bond acceptors (Lipinski definition) is 8. The lowest BCUT2D eigenvalue weighted by Crippen LogP contribution is -2.29. The topological polar surface area (TPSA) is 105 Å². The molecule has 0 spiro atoms. The fourth-order valence-corrected chi connectivity index (χ4v) is 2.15. The van der Waals surface area contributed by atoms with Crippen molar-refractivity contribution in [2.24, 2.45) is 0 Å². The van der Waals surface area contributed by atoms with E-state index in [9.17, 15) is 19.2 Å². The van der Waals surface area contributed by atoms with Crippen molar-refractivity contribution in [2.75, 3.05) is 13.2 Å². The van der Waals surface area contributed by atoms with Crippen LogP contribution in [0.25, 0.3) is 0 Å². The van der Waals surface area contributed by atoms with Gasteiger partial charge in [0.25, 0.3) is 0 Å². The average molecular weight is 430 g/mol. The van der Waals surface area contributed by atoms with E-state index in [2.05, 4.69) is 9.47 Å². The molecule has 0 aromatic heterocycles. The molecule has 0 heterocycles. The molecule has 0 amide bonds. The Balaban J connectivity index is 0.000000311. The molecule has 0 saturated heterocycles. The van der Waals surface area contributed by atoms with E-state index in [-0.39, 0.29) is 19.2 Å². The maximum absolute atomic E-state index is 11.6. The largest absolute Gasteiger partial charge is 0.462 e. The normalized spacial score (nSPS) is 9.68. The summed E-state index contributed by atoms with van der Waals surface area (Å²) in [4.78, 5) is 43.2. The first-order valence-electron chi connectivity index (χ1n) is 9.48. The third kappa shape index (κ3) is 12.5. The number of carbonyl (C=O) groups is 4. The van der Waals surface area contributed by atoms with Crippen LogP contribution in [0.3, 0.4) is 0 Å². The first-order chi connectivity index (χ1) is 14.8. The second-order valence-corrected chi connectivity index (χ2v) is 6.26. The molecule has 0 radical (unpaired) electrons. The molecule has 166 valence electrons. The Kier molecular flexibility index (Phi) is 11.7. The van der Waals surface area contributed by atoms with Crippen molar-refractivity contribution in [2.45, 2.75) is 33.5 Å². The van der Waals surface area contributed by atoms with Gasteiger partial charge in [-0.3, -0.25) is 14.4 Å². The van der Waals surface area contributed by atoms with Gasteiger partial charge >= 0.3 is 23.9 Å². The first kappa shape index (κ1) is 25.4. The van der Waals surface area contributed by atoms with E-state index in [1.165, 1.54) is 20.8 Å². The lowest BCUT2D eigenvalue weighted by molar-refractivity contribution is -0.163. The predicted molar refractivity (Wildman–Crippen MR) is 111 cm³/mol. The van der Waals surface area contributed by atoms with Gasteiger partial charge in [0, 0.05) is 20.8 Å². The van der Waals surface area contributed by atoms with E-state index in [4.69, 9.17) is 9.47 Å². The fourth-order valence-electron chi connectivity index (χ4n) is 2.15. The Hall–Kier alpha value is -3.68. The molecule has 2 aromatic rings. The van der Waals surface area contributed by atoms with Gasteiger partial charge in [0.1, 0.15) is 19.8 Å². The second kappa shape index (κ2) is 14.3. The van der Waals surface area contributed by atoms with E-state index < -0.39 is 24.0 Å². The van der Waals surface area contributed by atoms with Gasteiger partial charge in [-0.05, 0) is 17.7 Å². The second-order valence-electron chi connectivity index (χ2n) is 6.26. The van der Waals surface area contributed by atoms with Gasteiger partial charge in [0.05, 0.1) is 5.56 Å². The molecule has 0 fully saturated rings. The zero-order chi connectivity index (χ0) is 23.1. The van der Waals surface area contributed by atoms with E-state index >= 15 is 0 Å². The van der Waals surface area contributed by atoms with Crippen LogP contribution in [-0.2, 0) is 39.9 Å². The molecule has 0 aliphatic heterocycles. The Morgan fingerprint density at radius 3 is 1.61 bits per heavy atom. The summed E-state index contributed by atoms with van der Waals surface area (Å²) in [6.07, 6.45) is -0.754. The van der Waals surface area contributed by atoms with Gasteiger partial charge < -0.3 is 18.9 Å². The third-order valence-corrected chi connectivity index (χ3v) is 3.50. The van der Waals surface area contributed by atoms with Gasteiger partial charge in [-0.2, -0.15) is 0 Å². The Bertz CT molecular complexity index is 815. The van der Waals surface area contributed by atoms with Crippen molar-refractivity contribution in [3.63, 3.8) is 0 Å². The summed E-state index contributed by atoms with van der Waals surface area (Å²) in [5.74, 6) is -1.80. The van der Waals surface area contributed by atoms with Gasteiger partial charge in [0.2, 0.25) is 0 Å². The standard InChI is InChI=1S/C14H12O2.C9H14O6/c15-14(13-9-5-2-6-10-13)16-11-12-7-3-1-4-8-12;1-6(10)13-4-9(15-8(3)12)5-14-7(2)11/h1-10H,11H2;9H,4-5H2,1-3H3. The Morgan fingerprint density at radius 2 is 1.16 bits per heavy atom. The lowest BCUT2D eigenvalue weighted by atomic mass is 10.2. The van der Waals surface area contributed by atoms with E-state index in [1.54, 1.807) is 12.1 Å². The quantitative estimate of drug-likeness (QED) is 0.465. The third-order valence-electron chi connectivity index (χ3n) is 3.50. The smallest absolute Gasteiger partial charge is 0.338 e. The van der Waals surface area contributed by atoms with Gasteiger partial charge in [-0.1, -0.05) is 48.5 Å². The maximum Gasteiger partial charge on any atom is 0.338 e. The molecule has 0 bridgehead atoms. The van der Waals surface area contributed by atoms with Crippen LogP contribution in [0.5, 0.6) is 0 Å². The minimum absolute atomic E-state index is 0.123. The monoisotopic (exact) mass is 430 g/mol. The number of rotatable bonds is 8. The summed E-state index contributed by atoms with van der Waals surface area (Å²) >= 11 is 0. The van der Waals surface area contributed by atoms with Gasteiger partial charge in [-0.25, -0.2) is 4.79 Å². The highest BCUT2D eigenvalue weighted by molar-refractivity contribution is 5.89. The summed E-state index contributed by atoms with van der Waals surface area (Å²) in [6.45, 7) is 3.75. The molecule has 0 aliphatic carbocycles. The summed E-state index contributed by atoms with van der Waals surface area (Å²) < 4.78 is 19.2. The van der Waals surface area contributed by atoms with Crippen LogP contribution >= 0.6 is 0 Å². The molecular formula is C23H26O8. The van der Waals surface area contributed by atoms with Crippen molar-refractivity contribution in [3.8, 4) is 0 Å². The SMILES string of the molecule is CC(=O)OCC(COC(C)=O)OC(C)=O.O=C(OCc1ccccc1)c1ccccc1. The van der Waals surface area contributed by atoms with Crippen molar-refractivity contribution in [1.82, 2.24) is 0 Å². The minimum Gasteiger partial charge on any atom is -0.462 e. The van der Waals surface area contributed by atoms with Crippen molar-refractivity contribution in [1.29, 1.82) is 0 Å². The molecule has 8 nitrogen and oxygen atoms in total. The van der Waals surface area contributed by atoms with Crippen LogP contribution in [0.15, 0.2) is 60.7 Å².